The Balaban J connectivity index is 3.60. The minimum atomic E-state index is -0.674. The van der Waals surface area contributed by atoms with Crippen molar-refractivity contribution in [3.8, 4) is 0 Å². The molecule has 0 aliphatic heterocycles. The van der Waals surface area contributed by atoms with Gasteiger partial charge in [0, 0.05) is 5.54 Å². The number of carbonyl (C=O) groups is 1. The number of hydrogen-bond acceptors (Lipinski definition) is 3. The lowest BCUT2D eigenvalue weighted by molar-refractivity contribution is -0.126. The quantitative estimate of drug-likeness (QED) is 0.347. The Morgan fingerprint density at radius 1 is 1.78 bits per heavy atom. The first-order valence-electron chi connectivity index (χ1n) is 2.54. The van der Waals surface area contributed by atoms with Crippen LogP contribution in [0.25, 0.3) is 0 Å². The van der Waals surface area contributed by atoms with Crippen molar-refractivity contribution < 1.29 is 10.0 Å². The molecular formula is C5H11N2O2. The van der Waals surface area contributed by atoms with E-state index in [0.717, 1.165) is 0 Å². The minimum absolute atomic E-state index is 0.581. The number of nitrogens with one attached hydrogen (secondary N) is 1. The van der Waals surface area contributed by atoms with Crippen molar-refractivity contribution >= 4 is 5.91 Å². The zero-order valence-corrected chi connectivity index (χ0v) is 5.51. The van der Waals surface area contributed by atoms with Gasteiger partial charge < -0.3 is 5.73 Å². The van der Waals surface area contributed by atoms with Crippen molar-refractivity contribution in [2.24, 2.45) is 5.73 Å². The highest BCUT2D eigenvalue weighted by atomic mass is 16.5. The molecule has 0 aromatic heterocycles. The Bertz CT molecular complexity index is 106. The van der Waals surface area contributed by atoms with E-state index in [1.165, 1.54) is 11.9 Å². The van der Waals surface area contributed by atoms with E-state index < -0.39 is 11.4 Å². The SMILES string of the molecule is CC(C)(N)[CH]C(=O)NO. The van der Waals surface area contributed by atoms with Gasteiger partial charge in [0.15, 0.2) is 0 Å². The normalized spacial score (nSPS) is 11.1. The largest absolute Gasteiger partial charge is 0.325 e. The smallest absolute Gasteiger partial charge is 0.249 e. The van der Waals surface area contributed by atoms with Gasteiger partial charge >= 0.3 is 0 Å². The van der Waals surface area contributed by atoms with Gasteiger partial charge in [-0.3, -0.25) is 10.0 Å². The highest BCUT2D eigenvalue weighted by Crippen LogP contribution is 1.99. The second-order valence-electron chi connectivity index (χ2n) is 2.44. The summed E-state index contributed by atoms with van der Waals surface area (Å²) in [5.74, 6) is -0.581. The van der Waals surface area contributed by atoms with E-state index in [2.05, 4.69) is 0 Å². The summed E-state index contributed by atoms with van der Waals surface area (Å²) in [4.78, 5) is 10.3. The van der Waals surface area contributed by atoms with Crippen LogP contribution < -0.4 is 11.2 Å². The topological polar surface area (TPSA) is 75.4 Å². The Kier molecular flexibility index (Phi) is 2.61. The molecule has 0 aromatic carbocycles. The molecule has 4 N–H and O–H groups in total. The van der Waals surface area contributed by atoms with Crippen LogP contribution in [0.5, 0.6) is 0 Å². The van der Waals surface area contributed by atoms with Gasteiger partial charge in [0.2, 0.25) is 5.91 Å². The van der Waals surface area contributed by atoms with Gasteiger partial charge in [0.1, 0.15) is 0 Å². The standard InChI is InChI=1S/C5H11N2O2/c1-5(2,6)3-4(8)7-9/h3,9H,6H2,1-2H3,(H,7,8). The molecule has 0 unspecified atom stereocenters. The Hall–Kier alpha value is -0.610. The van der Waals surface area contributed by atoms with Crippen LogP contribution in [0.2, 0.25) is 0 Å². The zero-order valence-electron chi connectivity index (χ0n) is 5.51. The molecule has 53 valence electrons. The first-order valence-corrected chi connectivity index (χ1v) is 2.54. The zero-order chi connectivity index (χ0) is 7.49. The van der Waals surface area contributed by atoms with Crippen LogP contribution in [0.3, 0.4) is 0 Å². The fraction of sp³-hybridized carbons (Fsp3) is 0.600. The average Bonchev–Trinajstić information content (AvgIpc) is 1.62. The molecule has 0 saturated carbocycles. The van der Waals surface area contributed by atoms with Crippen molar-refractivity contribution in [3.05, 3.63) is 6.42 Å². The van der Waals surface area contributed by atoms with Crippen molar-refractivity contribution in [1.82, 2.24) is 5.48 Å². The molecular weight excluding hydrogens is 120 g/mol. The van der Waals surface area contributed by atoms with Crippen molar-refractivity contribution in [2.75, 3.05) is 0 Å². The number of rotatable bonds is 2. The number of nitrogens with two attached hydrogens (primary N) is 1. The van der Waals surface area contributed by atoms with E-state index in [1.54, 1.807) is 13.8 Å². The molecule has 9 heavy (non-hydrogen) atoms. The lowest BCUT2D eigenvalue weighted by atomic mass is 10.0. The van der Waals surface area contributed by atoms with E-state index >= 15 is 0 Å². The second kappa shape index (κ2) is 2.80. The van der Waals surface area contributed by atoms with E-state index in [4.69, 9.17) is 10.9 Å². The third kappa shape index (κ3) is 5.26. The molecule has 4 heteroatoms. The Labute approximate surface area is 54.0 Å². The van der Waals surface area contributed by atoms with E-state index in [-0.39, 0.29) is 0 Å². The van der Waals surface area contributed by atoms with Gasteiger partial charge in [0.25, 0.3) is 0 Å². The van der Waals surface area contributed by atoms with Crippen molar-refractivity contribution in [1.29, 1.82) is 0 Å². The molecule has 0 fully saturated rings. The van der Waals surface area contributed by atoms with Crippen LogP contribution in [-0.2, 0) is 4.79 Å². The second-order valence-corrected chi connectivity index (χ2v) is 2.44. The first-order chi connectivity index (χ1) is 3.95. The third-order valence-corrected chi connectivity index (χ3v) is 0.613. The van der Waals surface area contributed by atoms with E-state index in [9.17, 15) is 4.79 Å². The minimum Gasteiger partial charge on any atom is -0.325 e. The van der Waals surface area contributed by atoms with Gasteiger partial charge in [-0.05, 0) is 13.8 Å². The van der Waals surface area contributed by atoms with Gasteiger partial charge in [-0.25, -0.2) is 5.48 Å². The van der Waals surface area contributed by atoms with Crippen LogP contribution in [0.1, 0.15) is 13.8 Å². The Morgan fingerprint density at radius 3 is 2.33 bits per heavy atom. The molecule has 0 spiro atoms. The fourth-order valence-electron chi connectivity index (χ4n) is 0.370. The fourth-order valence-corrected chi connectivity index (χ4v) is 0.370. The summed E-state index contributed by atoms with van der Waals surface area (Å²) in [5.41, 5.74) is 6.16. The molecule has 4 nitrogen and oxygen atoms in total. The molecule has 0 aliphatic carbocycles. The van der Waals surface area contributed by atoms with Gasteiger partial charge in [0.05, 0.1) is 6.42 Å². The summed E-state index contributed by atoms with van der Waals surface area (Å²) >= 11 is 0. The molecule has 0 aliphatic rings. The van der Waals surface area contributed by atoms with Gasteiger partial charge in [-0.15, -0.1) is 0 Å². The molecule has 0 bridgehead atoms. The molecule has 1 amide bonds. The maximum atomic E-state index is 10.3. The van der Waals surface area contributed by atoms with Crippen molar-refractivity contribution in [2.45, 2.75) is 19.4 Å². The summed E-state index contributed by atoms with van der Waals surface area (Å²) < 4.78 is 0. The number of carbonyl (C=O) groups excluding carboxylic acids is 1. The van der Waals surface area contributed by atoms with Crippen LogP contribution >= 0.6 is 0 Å². The third-order valence-electron chi connectivity index (χ3n) is 0.613. The summed E-state index contributed by atoms with van der Waals surface area (Å²) in [7, 11) is 0. The molecule has 1 radical (unpaired) electrons. The molecule has 0 heterocycles. The van der Waals surface area contributed by atoms with Crippen LogP contribution in [0.4, 0.5) is 0 Å². The molecule has 0 rings (SSSR count). The average molecular weight is 131 g/mol. The summed E-state index contributed by atoms with van der Waals surface area (Å²) in [5, 5.41) is 8.01. The van der Waals surface area contributed by atoms with Crippen LogP contribution in [0, 0.1) is 6.42 Å². The van der Waals surface area contributed by atoms with Crippen molar-refractivity contribution in [3.63, 3.8) is 0 Å². The van der Waals surface area contributed by atoms with Crippen LogP contribution in [0.15, 0.2) is 0 Å². The van der Waals surface area contributed by atoms with Gasteiger partial charge in [-0.1, -0.05) is 0 Å². The molecule has 0 saturated heterocycles. The highest BCUT2D eigenvalue weighted by molar-refractivity contribution is 5.85. The summed E-state index contributed by atoms with van der Waals surface area (Å²) in [6.07, 6.45) is 1.19. The lowest BCUT2D eigenvalue weighted by Gasteiger charge is -2.14. The lowest BCUT2D eigenvalue weighted by Crippen LogP contribution is -2.38. The van der Waals surface area contributed by atoms with Gasteiger partial charge in [-0.2, -0.15) is 0 Å². The monoisotopic (exact) mass is 131 g/mol. The number of hydroxylamine groups is 1. The first kappa shape index (κ1) is 8.39. The van der Waals surface area contributed by atoms with Crippen LogP contribution in [-0.4, -0.2) is 16.7 Å². The predicted octanol–water partition coefficient (Wildman–Crippen LogP) is -0.567. The van der Waals surface area contributed by atoms with E-state index in [0.29, 0.717) is 0 Å². The predicted molar refractivity (Wildman–Crippen MR) is 32.5 cm³/mol. The maximum Gasteiger partial charge on any atom is 0.249 e. The highest BCUT2D eigenvalue weighted by Gasteiger charge is 2.15. The summed E-state index contributed by atoms with van der Waals surface area (Å²) in [6.45, 7) is 3.31. The Morgan fingerprint density at radius 2 is 2.22 bits per heavy atom. The number of hydrogen-bond donors (Lipinski definition) is 3. The van der Waals surface area contributed by atoms with E-state index in [1.807, 2.05) is 0 Å². The maximum absolute atomic E-state index is 10.3. The summed E-state index contributed by atoms with van der Waals surface area (Å²) in [6, 6.07) is 0. The number of amides is 1. The molecule has 0 aromatic rings. The molecule has 0 atom stereocenters.